The van der Waals surface area contributed by atoms with Gasteiger partial charge in [-0.15, -0.1) is 0 Å². The number of rotatable bonds is 6. The van der Waals surface area contributed by atoms with Gasteiger partial charge in [-0.3, -0.25) is 0 Å². The molecule has 0 radical (unpaired) electrons. The third-order valence-electron chi connectivity index (χ3n) is 3.27. The van der Waals surface area contributed by atoms with Gasteiger partial charge in [-0.25, -0.2) is 13.1 Å². The van der Waals surface area contributed by atoms with Gasteiger partial charge in [0.15, 0.2) is 0 Å². The highest BCUT2D eigenvalue weighted by Crippen LogP contribution is 2.14. The molecule has 5 heteroatoms. The SMILES string of the molecule is Cc1cccc(CCNS(=O)(=O)c2ccccc2CN)c1. The van der Waals surface area contributed by atoms with Crippen LogP contribution in [0.1, 0.15) is 16.7 Å². The van der Waals surface area contributed by atoms with E-state index in [-0.39, 0.29) is 11.4 Å². The minimum absolute atomic E-state index is 0.203. The van der Waals surface area contributed by atoms with Crippen molar-refractivity contribution in [3.63, 3.8) is 0 Å². The van der Waals surface area contributed by atoms with Crippen LogP contribution in [0.2, 0.25) is 0 Å². The van der Waals surface area contributed by atoms with Gasteiger partial charge in [-0.2, -0.15) is 0 Å². The van der Waals surface area contributed by atoms with Gasteiger partial charge in [0.05, 0.1) is 4.90 Å². The highest BCUT2D eigenvalue weighted by molar-refractivity contribution is 7.89. The van der Waals surface area contributed by atoms with Crippen LogP contribution in [0, 0.1) is 6.92 Å². The lowest BCUT2D eigenvalue weighted by Gasteiger charge is -2.10. The summed E-state index contributed by atoms with van der Waals surface area (Å²) in [4.78, 5) is 0.261. The van der Waals surface area contributed by atoms with Crippen LogP contribution in [-0.4, -0.2) is 15.0 Å². The third kappa shape index (κ3) is 4.14. The molecule has 2 aromatic carbocycles. The lowest BCUT2D eigenvalue weighted by atomic mass is 10.1. The summed E-state index contributed by atoms with van der Waals surface area (Å²) in [6, 6.07) is 14.8. The lowest BCUT2D eigenvalue weighted by Crippen LogP contribution is -2.27. The topological polar surface area (TPSA) is 72.2 Å². The van der Waals surface area contributed by atoms with Crippen LogP contribution in [0.3, 0.4) is 0 Å². The quantitative estimate of drug-likeness (QED) is 0.857. The predicted molar refractivity (Wildman–Crippen MR) is 84.4 cm³/mol. The lowest BCUT2D eigenvalue weighted by molar-refractivity contribution is 0.580. The number of hydrogen-bond acceptors (Lipinski definition) is 3. The molecule has 0 saturated carbocycles. The molecule has 0 heterocycles. The van der Waals surface area contributed by atoms with Gasteiger partial charge in [-0.05, 0) is 30.5 Å². The first kappa shape index (κ1) is 15.7. The maximum Gasteiger partial charge on any atom is 0.240 e. The van der Waals surface area contributed by atoms with Crippen LogP contribution in [0.4, 0.5) is 0 Å². The largest absolute Gasteiger partial charge is 0.326 e. The molecule has 0 amide bonds. The zero-order valence-electron chi connectivity index (χ0n) is 12.0. The van der Waals surface area contributed by atoms with Crippen molar-refractivity contribution in [3.05, 3.63) is 65.2 Å². The van der Waals surface area contributed by atoms with Gasteiger partial charge in [0.2, 0.25) is 10.0 Å². The first-order valence-electron chi connectivity index (χ1n) is 6.86. The molecular weight excluding hydrogens is 284 g/mol. The maximum atomic E-state index is 12.3. The van der Waals surface area contributed by atoms with Crippen molar-refractivity contribution in [1.29, 1.82) is 0 Å². The van der Waals surface area contributed by atoms with E-state index >= 15 is 0 Å². The van der Waals surface area contributed by atoms with Gasteiger partial charge in [0.1, 0.15) is 0 Å². The van der Waals surface area contributed by atoms with E-state index in [1.54, 1.807) is 24.3 Å². The minimum atomic E-state index is -3.51. The van der Waals surface area contributed by atoms with E-state index in [0.29, 0.717) is 18.5 Å². The van der Waals surface area contributed by atoms with Crippen LogP contribution >= 0.6 is 0 Å². The molecule has 0 aliphatic carbocycles. The summed E-state index contributed by atoms with van der Waals surface area (Å²) in [6.45, 7) is 2.59. The maximum absolute atomic E-state index is 12.3. The molecule has 0 aliphatic heterocycles. The second kappa shape index (κ2) is 6.85. The Morgan fingerprint density at radius 1 is 1.10 bits per heavy atom. The van der Waals surface area contributed by atoms with Crippen molar-refractivity contribution in [1.82, 2.24) is 4.72 Å². The highest BCUT2D eigenvalue weighted by atomic mass is 32.2. The zero-order chi connectivity index (χ0) is 15.3. The van der Waals surface area contributed by atoms with Crippen molar-refractivity contribution >= 4 is 10.0 Å². The molecule has 0 saturated heterocycles. The number of nitrogens with two attached hydrogens (primary N) is 1. The minimum Gasteiger partial charge on any atom is -0.326 e. The molecule has 0 bridgehead atoms. The van der Waals surface area contributed by atoms with E-state index < -0.39 is 10.0 Å². The molecule has 0 aromatic heterocycles. The third-order valence-corrected chi connectivity index (χ3v) is 4.83. The zero-order valence-corrected chi connectivity index (χ0v) is 12.9. The average molecular weight is 304 g/mol. The molecule has 0 fully saturated rings. The molecule has 0 unspecified atom stereocenters. The molecule has 21 heavy (non-hydrogen) atoms. The van der Waals surface area contributed by atoms with Crippen molar-refractivity contribution < 1.29 is 8.42 Å². The van der Waals surface area contributed by atoms with E-state index in [1.807, 2.05) is 25.1 Å². The molecule has 2 aromatic rings. The van der Waals surface area contributed by atoms with Crippen LogP contribution in [0.25, 0.3) is 0 Å². The summed E-state index contributed by atoms with van der Waals surface area (Å²) in [5, 5.41) is 0. The number of benzene rings is 2. The molecule has 0 aliphatic rings. The number of sulfonamides is 1. The van der Waals surface area contributed by atoms with Crippen LogP contribution in [0.5, 0.6) is 0 Å². The Kier molecular flexibility index (Phi) is 5.12. The summed E-state index contributed by atoms with van der Waals surface area (Å²) >= 11 is 0. The fraction of sp³-hybridized carbons (Fsp3) is 0.250. The van der Waals surface area contributed by atoms with Gasteiger partial charge in [-0.1, -0.05) is 48.0 Å². The van der Waals surface area contributed by atoms with E-state index in [2.05, 4.69) is 10.8 Å². The second-order valence-corrected chi connectivity index (χ2v) is 6.68. The first-order valence-corrected chi connectivity index (χ1v) is 8.34. The Morgan fingerprint density at radius 2 is 1.86 bits per heavy atom. The van der Waals surface area contributed by atoms with Gasteiger partial charge in [0, 0.05) is 13.1 Å². The molecule has 0 atom stereocenters. The summed E-state index contributed by atoms with van der Waals surface area (Å²) in [7, 11) is -3.51. The second-order valence-electron chi connectivity index (χ2n) is 4.95. The summed E-state index contributed by atoms with van der Waals surface area (Å²) in [6.07, 6.45) is 0.658. The molecule has 2 rings (SSSR count). The van der Waals surface area contributed by atoms with Crippen molar-refractivity contribution in [2.75, 3.05) is 6.54 Å². The predicted octanol–water partition coefficient (Wildman–Crippen LogP) is 1.97. The Labute approximate surface area is 126 Å². The first-order chi connectivity index (χ1) is 10.0. The summed E-state index contributed by atoms with van der Waals surface area (Å²) < 4.78 is 27.2. The van der Waals surface area contributed by atoms with E-state index in [1.165, 1.54) is 5.56 Å². The van der Waals surface area contributed by atoms with Gasteiger partial charge < -0.3 is 5.73 Å². The number of aryl methyl sites for hydroxylation is 1. The fourth-order valence-corrected chi connectivity index (χ4v) is 3.49. The van der Waals surface area contributed by atoms with Crippen LogP contribution in [0.15, 0.2) is 53.4 Å². The van der Waals surface area contributed by atoms with Crippen molar-refractivity contribution in [3.8, 4) is 0 Å². The molecule has 112 valence electrons. The molecule has 4 nitrogen and oxygen atoms in total. The van der Waals surface area contributed by atoms with Gasteiger partial charge >= 0.3 is 0 Å². The Bertz CT molecular complexity index is 712. The number of nitrogens with one attached hydrogen (secondary N) is 1. The molecule has 0 spiro atoms. The van der Waals surface area contributed by atoms with Crippen molar-refractivity contribution in [2.24, 2.45) is 5.73 Å². The fourth-order valence-electron chi connectivity index (χ4n) is 2.21. The summed E-state index contributed by atoms with van der Waals surface area (Å²) in [5.41, 5.74) is 8.50. The van der Waals surface area contributed by atoms with Crippen molar-refractivity contribution in [2.45, 2.75) is 24.8 Å². The standard InChI is InChI=1S/C16H20N2O2S/c1-13-5-4-6-14(11-13)9-10-18-21(19,20)16-8-3-2-7-15(16)12-17/h2-8,11,18H,9-10,12,17H2,1H3. The Morgan fingerprint density at radius 3 is 2.57 bits per heavy atom. The average Bonchev–Trinajstić information content (AvgIpc) is 2.47. The van der Waals surface area contributed by atoms with E-state index in [4.69, 9.17) is 5.73 Å². The van der Waals surface area contributed by atoms with E-state index in [9.17, 15) is 8.42 Å². The number of hydrogen-bond donors (Lipinski definition) is 2. The van der Waals surface area contributed by atoms with E-state index in [0.717, 1.165) is 5.56 Å². The van der Waals surface area contributed by atoms with Gasteiger partial charge in [0.25, 0.3) is 0 Å². The molecular formula is C16H20N2O2S. The van der Waals surface area contributed by atoms with Crippen LogP contribution in [-0.2, 0) is 23.0 Å². The van der Waals surface area contributed by atoms with Crippen LogP contribution < -0.4 is 10.5 Å². The Balaban J connectivity index is 2.05. The smallest absolute Gasteiger partial charge is 0.240 e. The molecule has 3 N–H and O–H groups in total. The monoisotopic (exact) mass is 304 g/mol. The Hall–Kier alpha value is -1.69. The highest BCUT2D eigenvalue weighted by Gasteiger charge is 2.16. The summed E-state index contributed by atoms with van der Waals surface area (Å²) in [5.74, 6) is 0. The normalized spacial score (nSPS) is 11.5.